The van der Waals surface area contributed by atoms with Crippen molar-refractivity contribution in [1.82, 2.24) is 38.9 Å². The summed E-state index contributed by atoms with van der Waals surface area (Å²) in [6, 6.07) is 5.71. The summed E-state index contributed by atoms with van der Waals surface area (Å²) in [5.41, 5.74) is 0.762. The van der Waals surface area contributed by atoms with E-state index in [1.165, 1.54) is 11.5 Å². The first-order chi connectivity index (χ1) is 12.8. The van der Waals surface area contributed by atoms with E-state index >= 15 is 0 Å². The normalized spacial score (nSPS) is 15.8. The Hall–Kier alpha value is -2.88. The molecule has 0 aromatic carbocycles. The van der Waals surface area contributed by atoms with Gasteiger partial charge in [-0.3, -0.25) is 0 Å². The molecule has 0 bridgehead atoms. The summed E-state index contributed by atoms with van der Waals surface area (Å²) in [7, 11) is 0. The van der Waals surface area contributed by atoms with Crippen LogP contribution in [0.3, 0.4) is 0 Å². The molecule has 26 heavy (non-hydrogen) atoms. The third-order valence-electron chi connectivity index (χ3n) is 4.66. The molecule has 0 spiro atoms. The van der Waals surface area contributed by atoms with Gasteiger partial charge < -0.3 is 4.90 Å². The lowest BCUT2D eigenvalue weighted by molar-refractivity contribution is 0.476. The summed E-state index contributed by atoms with van der Waals surface area (Å²) in [6.07, 6.45) is 5.60. The van der Waals surface area contributed by atoms with E-state index in [4.69, 9.17) is 5.10 Å². The number of piperidine rings is 1. The fourth-order valence-electron chi connectivity index (χ4n) is 3.32. The van der Waals surface area contributed by atoms with Crippen LogP contribution in [0.2, 0.25) is 0 Å². The molecule has 5 heterocycles. The van der Waals surface area contributed by atoms with E-state index in [-0.39, 0.29) is 0 Å². The predicted octanol–water partition coefficient (Wildman–Crippen LogP) is 1.85. The Kier molecular flexibility index (Phi) is 3.63. The van der Waals surface area contributed by atoms with Crippen LogP contribution in [0.5, 0.6) is 0 Å². The van der Waals surface area contributed by atoms with Crippen molar-refractivity contribution in [3.8, 4) is 5.82 Å². The second kappa shape index (κ2) is 6.13. The van der Waals surface area contributed by atoms with Gasteiger partial charge in [0.2, 0.25) is 5.13 Å². The monoisotopic (exact) mass is 367 g/mol. The van der Waals surface area contributed by atoms with Crippen LogP contribution in [0.1, 0.15) is 30.4 Å². The number of hydrogen-bond donors (Lipinski definition) is 0. The van der Waals surface area contributed by atoms with Crippen molar-refractivity contribution in [2.45, 2.75) is 25.7 Å². The molecule has 1 aliphatic rings. The van der Waals surface area contributed by atoms with Crippen LogP contribution >= 0.6 is 11.5 Å². The molecule has 9 nitrogen and oxygen atoms in total. The molecule has 0 radical (unpaired) electrons. The predicted molar refractivity (Wildman–Crippen MR) is 96.7 cm³/mol. The molecular formula is C16H17N9S. The van der Waals surface area contributed by atoms with Crippen molar-refractivity contribution in [3.05, 3.63) is 42.2 Å². The zero-order valence-corrected chi connectivity index (χ0v) is 15.0. The minimum atomic E-state index is 0.329. The van der Waals surface area contributed by atoms with E-state index in [2.05, 4.69) is 29.6 Å². The average molecular weight is 367 g/mol. The van der Waals surface area contributed by atoms with E-state index in [1.807, 2.05) is 35.8 Å². The van der Waals surface area contributed by atoms with Gasteiger partial charge in [-0.15, -0.1) is 15.3 Å². The van der Waals surface area contributed by atoms with E-state index in [1.54, 1.807) is 10.9 Å². The minimum absolute atomic E-state index is 0.329. The Bertz CT molecular complexity index is 1030. The minimum Gasteiger partial charge on any atom is -0.347 e. The summed E-state index contributed by atoms with van der Waals surface area (Å²) in [5, 5.41) is 18.6. The summed E-state index contributed by atoms with van der Waals surface area (Å²) in [5.74, 6) is 2.84. The van der Waals surface area contributed by atoms with Gasteiger partial charge in [0, 0.05) is 42.9 Å². The second-order valence-electron chi connectivity index (χ2n) is 6.36. The Labute approximate surface area is 153 Å². The van der Waals surface area contributed by atoms with Crippen molar-refractivity contribution in [1.29, 1.82) is 0 Å². The molecule has 0 amide bonds. The fraction of sp³-hybridized carbons (Fsp3) is 0.375. The Morgan fingerprint density at radius 2 is 2.04 bits per heavy atom. The van der Waals surface area contributed by atoms with Crippen LogP contribution in [0, 0.1) is 6.92 Å². The van der Waals surface area contributed by atoms with Gasteiger partial charge in [0.25, 0.3) is 0 Å². The second-order valence-corrected chi connectivity index (χ2v) is 7.09. The van der Waals surface area contributed by atoms with E-state index in [9.17, 15) is 0 Å². The number of fused-ring (bicyclic) bond motifs is 1. The molecule has 0 atom stereocenters. The van der Waals surface area contributed by atoms with Gasteiger partial charge in [0.1, 0.15) is 5.82 Å². The first-order valence-corrected chi connectivity index (χ1v) is 9.33. The molecule has 0 N–H and O–H groups in total. The van der Waals surface area contributed by atoms with Crippen LogP contribution in [0.4, 0.5) is 5.13 Å². The molecule has 0 aliphatic carbocycles. The summed E-state index contributed by atoms with van der Waals surface area (Å²) in [6.45, 7) is 3.80. The molecule has 10 heteroatoms. The van der Waals surface area contributed by atoms with Gasteiger partial charge in [-0.05, 0) is 38.0 Å². The van der Waals surface area contributed by atoms with Gasteiger partial charge in [-0.2, -0.15) is 14.0 Å². The van der Waals surface area contributed by atoms with Crippen molar-refractivity contribution in [3.63, 3.8) is 0 Å². The highest BCUT2D eigenvalue weighted by molar-refractivity contribution is 7.09. The number of aryl methyl sites for hydroxylation is 1. The van der Waals surface area contributed by atoms with Crippen LogP contribution in [-0.2, 0) is 0 Å². The summed E-state index contributed by atoms with van der Waals surface area (Å²) < 4.78 is 7.87. The average Bonchev–Trinajstić information content (AvgIpc) is 3.42. The van der Waals surface area contributed by atoms with E-state index < -0.39 is 0 Å². The third kappa shape index (κ3) is 2.62. The van der Waals surface area contributed by atoms with Gasteiger partial charge in [0.05, 0.1) is 0 Å². The maximum Gasteiger partial charge on any atom is 0.205 e. The Morgan fingerprint density at radius 3 is 2.77 bits per heavy atom. The highest BCUT2D eigenvalue weighted by atomic mass is 32.1. The maximum absolute atomic E-state index is 4.69. The summed E-state index contributed by atoms with van der Waals surface area (Å²) in [4.78, 5) is 6.79. The lowest BCUT2D eigenvalue weighted by atomic mass is 9.96. The zero-order chi connectivity index (χ0) is 17.5. The van der Waals surface area contributed by atoms with Crippen molar-refractivity contribution in [2.75, 3.05) is 18.0 Å². The first kappa shape index (κ1) is 15.4. The van der Waals surface area contributed by atoms with Crippen molar-refractivity contribution in [2.24, 2.45) is 0 Å². The lowest BCUT2D eigenvalue weighted by Gasteiger charge is -2.30. The van der Waals surface area contributed by atoms with Crippen LogP contribution in [0.25, 0.3) is 11.5 Å². The topological polar surface area (TPSA) is 89.9 Å². The van der Waals surface area contributed by atoms with Gasteiger partial charge in [-0.1, -0.05) is 0 Å². The highest BCUT2D eigenvalue weighted by Crippen LogP contribution is 2.30. The lowest BCUT2D eigenvalue weighted by Crippen LogP contribution is -2.33. The number of aromatic nitrogens is 8. The molecule has 1 saturated heterocycles. The third-order valence-corrected chi connectivity index (χ3v) is 5.53. The van der Waals surface area contributed by atoms with Crippen LogP contribution < -0.4 is 4.90 Å². The number of rotatable bonds is 3. The fourth-order valence-corrected chi connectivity index (χ4v) is 4.05. The van der Waals surface area contributed by atoms with E-state index in [0.717, 1.165) is 54.2 Å². The maximum atomic E-state index is 4.69. The SMILES string of the molecule is Cc1nsc(N2CCC(c3nnc4ccc(-n5cccn5)nn34)CC2)n1. The van der Waals surface area contributed by atoms with Gasteiger partial charge in [0.15, 0.2) is 17.3 Å². The first-order valence-electron chi connectivity index (χ1n) is 8.55. The van der Waals surface area contributed by atoms with E-state index in [0.29, 0.717) is 5.92 Å². The highest BCUT2D eigenvalue weighted by Gasteiger charge is 2.26. The Balaban J connectivity index is 1.40. The number of anilines is 1. The smallest absolute Gasteiger partial charge is 0.205 e. The molecule has 4 aromatic rings. The van der Waals surface area contributed by atoms with Crippen molar-refractivity contribution >= 4 is 22.3 Å². The molecular weight excluding hydrogens is 350 g/mol. The largest absolute Gasteiger partial charge is 0.347 e. The molecule has 0 unspecified atom stereocenters. The summed E-state index contributed by atoms with van der Waals surface area (Å²) >= 11 is 1.47. The van der Waals surface area contributed by atoms with Gasteiger partial charge >= 0.3 is 0 Å². The molecule has 0 saturated carbocycles. The number of nitrogens with zero attached hydrogens (tertiary/aromatic N) is 9. The Morgan fingerprint density at radius 1 is 1.15 bits per heavy atom. The molecule has 5 rings (SSSR count). The standard InChI is InChI=1S/C16H17N9S/c1-11-18-16(26-22-11)23-9-5-12(6-10-23)15-20-19-13-3-4-14(21-25(13)15)24-8-2-7-17-24/h2-4,7-8,12H,5-6,9-10H2,1H3. The molecule has 1 fully saturated rings. The number of hydrogen-bond acceptors (Lipinski definition) is 8. The molecule has 4 aromatic heterocycles. The van der Waals surface area contributed by atoms with Crippen molar-refractivity contribution < 1.29 is 0 Å². The van der Waals surface area contributed by atoms with Crippen LogP contribution in [-0.4, -0.2) is 52.0 Å². The van der Waals surface area contributed by atoms with Crippen LogP contribution in [0.15, 0.2) is 30.6 Å². The quantitative estimate of drug-likeness (QED) is 0.546. The van der Waals surface area contributed by atoms with Gasteiger partial charge in [-0.25, -0.2) is 9.67 Å². The molecule has 132 valence electrons. The zero-order valence-electron chi connectivity index (χ0n) is 14.2. The molecule has 1 aliphatic heterocycles.